The van der Waals surface area contributed by atoms with E-state index in [2.05, 4.69) is 33.7 Å². The van der Waals surface area contributed by atoms with Crippen LogP contribution in [0.15, 0.2) is 24.3 Å². The van der Waals surface area contributed by atoms with Gasteiger partial charge in [-0.05, 0) is 30.9 Å². The lowest BCUT2D eigenvalue weighted by Crippen LogP contribution is -2.53. The average molecular weight is 330 g/mol. The van der Waals surface area contributed by atoms with E-state index in [1.165, 1.54) is 11.1 Å². The molecule has 1 aliphatic carbocycles. The molecule has 6 heteroatoms. The van der Waals surface area contributed by atoms with Crippen molar-refractivity contribution in [3.05, 3.63) is 35.4 Å². The number of aryl methyl sites for hydroxylation is 1. The van der Waals surface area contributed by atoms with E-state index in [-0.39, 0.29) is 18.0 Å². The number of nitrogens with one attached hydrogen (secondary N) is 2. The van der Waals surface area contributed by atoms with Gasteiger partial charge < -0.3 is 15.5 Å². The maximum Gasteiger partial charge on any atom is 0.317 e. The topological polar surface area (TPSA) is 64.7 Å². The van der Waals surface area contributed by atoms with Crippen molar-refractivity contribution in [3.8, 4) is 0 Å². The molecule has 2 aliphatic rings. The van der Waals surface area contributed by atoms with Crippen LogP contribution in [0.1, 0.15) is 30.5 Å². The number of rotatable bonds is 4. The average Bonchev–Trinajstić information content (AvgIpc) is 2.99. The molecule has 6 nitrogen and oxygen atoms in total. The van der Waals surface area contributed by atoms with Gasteiger partial charge in [0.15, 0.2) is 0 Å². The van der Waals surface area contributed by atoms with Gasteiger partial charge >= 0.3 is 6.03 Å². The maximum atomic E-state index is 12.5. The van der Waals surface area contributed by atoms with E-state index < -0.39 is 0 Å². The number of amides is 3. The highest BCUT2D eigenvalue weighted by Gasteiger charge is 2.27. The van der Waals surface area contributed by atoms with Gasteiger partial charge in [0.05, 0.1) is 12.6 Å². The molecule has 0 spiro atoms. The molecule has 0 saturated carbocycles. The van der Waals surface area contributed by atoms with Gasteiger partial charge in [-0.2, -0.15) is 0 Å². The molecule has 2 N–H and O–H groups in total. The Morgan fingerprint density at radius 3 is 2.67 bits per heavy atom. The van der Waals surface area contributed by atoms with Crippen molar-refractivity contribution in [3.63, 3.8) is 0 Å². The molecule has 24 heavy (non-hydrogen) atoms. The van der Waals surface area contributed by atoms with Crippen LogP contribution in [0, 0.1) is 0 Å². The van der Waals surface area contributed by atoms with Crippen molar-refractivity contribution in [2.24, 2.45) is 0 Å². The normalized spacial score (nSPS) is 20.5. The summed E-state index contributed by atoms with van der Waals surface area (Å²) in [5, 5.41) is 5.98. The predicted molar refractivity (Wildman–Crippen MR) is 92.7 cm³/mol. The van der Waals surface area contributed by atoms with Crippen molar-refractivity contribution >= 4 is 11.9 Å². The fourth-order valence-corrected chi connectivity index (χ4v) is 3.51. The number of carbonyl (C=O) groups excluding carboxylic acids is 2. The SMILES string of the molecule is CCNC(=O)CN1CCN(C(=O)NC2CCc3ccccc32)CC1. The third-order valence-corrected chi connectivity index (χ3v) is 4.83. The molecule has 1 fully saturated rings. The number of hydrogen-bond acceptors (Lipinski definition) is 3. The number of urea groups is 1. The fraction of sp³-hybridized carbons (Fsp3) is 0.556. The smallest absolute Gasteiger partial charge is 0.317 e. The molecule has 1 heterocycles. The second-order valence-corrected chi connectivity index (χ2v) is 6.46. The molecular weight excluding hydrogens is 304 g/mol. The van der Waals surface area contributed by atoms with E-state index in [0.29, 0.717) is 26.2 Å². The monoisotopic (exact) mass is 330 g/mol. The van der Waals surface area contributed by atoms with E-state index in [0.717, 1.165) is 25.9 Å². The predicted octanol–water partition coefficient (Wildman–Crippen LogP) is 1.14. The Balaban J connectivity index is 1.47. The summed E-state index contributed by atoms with van der Waals surface area (Å²) < 4.78 is 0. The summed E-state index contributed by atoms with van der Waals surface area (Å²) in [5.41, 5.74) is 2.59. The molecule has 1 aliphatic heterocycles. The summed E-state index contributed by atoms with van der Waals surface area (Å²) in [6.45, 7) is 5.81. The Kier molecular flexibility index (Phi) is 5.35. The molecule has 1 aromatic rings. The maximum absolute atomic E-state index is 12.5. The lowest BCUT2D eigenvalue weighted by Gasteiger charge is -2.35. The van der Waals surface area contributed by atoms with Crippen molar-refractivity contribution in [2.45, 2.75) is 25.8 Å². The van der Waals surface area contributed by atoms with Crippen LogP contribution < -0.4 is 10.6 Å². The number of fused-ring (bicyclic) bond motifs is 1. The Labute approximate surface area is 143 Å². The van der Waals surface area contributed by atoms with Crippen LogP contribution in [0.2, 0.25) is 0 Å². The van der Waals surface area contributed by atoms with Gasteiger partial charge in [-0.3, -0.25) is 9.69 Å². The Hall–Kier alpha value is -2.08. The first-order valence-electron chi connectivity index (χ1n) is 8.79. The van der Waals surface area contributed by atoms with E-state index >= 15 is 0 Å². The third-order valence-electron chi connectivity index (χ3n) is 4.83. The highest BCUT2D eigenvalue weighted by molar-refractivity contribution is 5.78. The molecule has 1 atom stereocenters. The number of nitrogens with zero attached hydrogens (tertiary/aromatic N) is 2. The van der Waals surface area contributed by atoms with E-state index in [9.17, 15) is 9.59 Å². The van der Waals surface area contributed by atoms with Crippen LogP contribution >= 0.6 is 0 Å². The highest BCUT2D eigenvalue weighted by Crippen LogP contribution is 2.30. The van der Waals surface area contributed by atoms with Gasteiger partial charge in [-0.15, -0.1) is 0 Å². The van der Waals surface area contributed by atoms with Crippen LogP contribution in [0.4, 0.5) is 4.79 Å². The second-order valence-electron chi connectivity index (χ2n) is 6.46. The zero-order valence-corrected chi connectivity index (χ0v) is 14.3. The minimum absolute atomic E-state index is 0.00867. The quantitative estimate of drug-likeness (QED) is 0.870. The second kappa shape index (κ2) is 7.66. The summed E-state index contributed by atoms with van der Waals surface area (Å²) in [4.78, 5) is 28.1. The van der Waals surface area contributed by atoms with E-state index in [4.69, 9.17) is 0 Å². The minimum Gasteiger partial charge on any atom is -0.355 e. The van der Waals surface area contributed by atoms with E-state index in [1.54, 1.807) is 0 Å². The first kappa shape index (κ1) is 16.8. The molecule has 1 unspecified atom stereocenters. The first-order valence-corrected chi connectivity index (χ1v) is 8.79. The Morgan fingerprint density at radius 1 is 1.17 bits per heavy atom. The Morgan fingerprint density at radius 2 is 1.92 bits per heavy atom. The van der Waals surface area contributed by atoms with Crippen LogP contribution in [-0.2, 0) is 11.2 Å². The summed E-state index contributed by atoms with van der Waals surface area (Å²) in [5.74, 6) is 0.0537. The molecule has 1 saturated heterocycles. The van der Waals surface area contributed by atoms with Crippen molar-refractivity contribution in [1.82, 2.24) is 20.4 Å². The minimum atomic E-state index is 0.00867. The van der Waals surface area contributed by atoms with Crippen molar-refractivity contribution in [1.29, 1.82) is 0 Å². The summed E-state index contributed by atoms with van der Waals surface area (Å²) in [7, 11) is 0. The molecule has 0 bridgehead atoms. The lowest BCUT2D eigenvalue weighted by atomic mass is 10.1. The molecule has 0 radical (unpaired) electrons. The van der Waals surface area contributed by atoms with Gasteiger partial charge in [0, 0.05) is 32.7 Å². The largest absolute Gasteiger partial charge is 0.355 e. The summed E-state index contributed by atoms with van der Waals surface area (Å²) in [6, 6.07) is 8.47. The standard InChI is InChI=1S/C18H26N4O2/c1-2-19-17(23)13-21-9-11-22(12-10-21)18(24)20-16-8-7-14-5-3-4-6-15(14)16/h3-6,16H,2,7-13H2,1H3,(H,19,23)(H,20,24). The summed E-state index contributed by atoms with van der Waals surface area (Å²) >= 11 is 0. The van der Waals surface area contributed by atoms with Crippen molar-refractivity contribution < 1.29 is 9.59 Å². The van der Waals surface area contributed by atoms with E-state index in [1.807, 2.05) is 17.9 Å². The lowest BCUT2D eigenvalue weighted by molar-refractivity contribution is -0.122. The molecule has 1 aromatic carbocycles. The molecular formula is C18H26N4O2. The fourth-order valence-electron chi connectivity index (χ4n) is 3.51. The third kappa shape index (κ3) is 3.87. The van der Waals surface area contributed by atoms with Crippen LogP contribution in [0.3, 0.4) is 0 Å². The van der Waals surface area contributed by atoms with Crippen molar-refractivity contribution in [2.75, 3.05) is 39.3 Å². The van der Waals surface area contributed by atoms with Crippen LogP contribution in [-0.4, -0.2) is 61.0 Å². The molecule has 0 aromatic heterocycles. The summed E-state index contributed by atoms with van der Waals surface area (Å²) in [6.07, 6.45) is 2.00. The zero-order valence-electron chi connectivity index (χ0n) is 14.3. The van der Waals surface area contributed by atoms with Gasteiger partial charge in [-0.25, -0.2) is 4.79 Å². The first-order chi connectivity index (χ1) is 11.7. The number of piperazine rings is 1. The van der Waals surface area contributed by atoms with Gasteiger partial charge in [0.25, 0.3) is 0 Å². The zero-order chi connectivity index (χ0) is 16.9. The molecule has 3 rings (SSSR count). The van der Waals surface area contributed by atoms with Crippen LogP contribution in [0.5, 0.6) is 0 Å². The molecule has 130 valence electrons. The number of likely N-dealkylation sites (N-methyl/N-ethyl adjacent to an activating group) is 1. The number of carbonyl (C=O) groups is 2. The Bertz CT molecular complexity index is 596. The number of benzene rings is 1. The van der Waals surface area contributed by atoms with Crippen LogP contribution in [0.25, 0.3) is 0 Å². The van der Waals surface area contributed by atoms with Gasteiger partial charge in [-0.1, -0.05) is 24.3 Å². The van der Waals surface area contributed by atoms with Gasteiger partial charge in [0.2, 0.25) is 5.91 Å². The van der Waals surface area contributed by atoms with Gasteiger partial charge in [0.1, 0.15) is 0 Å². The number of hydrogen-bond donors (Lipinski definition) is 2. The molecule has 3 amide bonds. The highest BCUT2D eigenvalue weighted by atomic mass is 16.2.